The molecule has 6 nitrogen and oxygen atoms in total. The first kappa shape index (κ1) is 28.5. The summed E-state index contributed by atoms with van der Waals surface area (Å²) in [5.41, 5.74) is 5.22. The first-order valence-electron chi connectivity index (χ1n) is 14.5. The molecule has 0 atom stereocenters. The molecule has 0 spiro atoms. The zero-order chi connectivity index (χ0) is 31.1. The third kappa shape index (κ3) is 5.25. The molecule has 0 aliphatic heterocycles. The average molecular weight is 616 g/mol. The fourth-order valence-corrected chi connectivity index (χ4v) is 6.00. The monoisotopic (exact) mass is 615 g/mol. The highest BCUT2D eigenvalue weighted by molar-refractivity contribution is 6.33. The topological polar surface area (TPSA) is 84.2 Å². The minimum absolute atomic E-state index is 0.232. The Morgan fingerprint density at radius 2 is 1.53 bits per heavy atom. The number of hydrogen-bond acceptors (Lipinski definition) is 4. The Morgan fingerprint density at radius 1 is 0.822 bits per heavy atom. The summed E-state index contributed by atoms with van der Waals surface area (Å²) in [6.45, 7) is 0. The molecule has 1 aliphatic rings. The van der Waals surface area contributed by atoms with Gasteiger partial charge in [-0.1, -0.05) is 54.1 Å². The molecule has 2 heterocycles. The van der Waals surface area contributed by atoms with E-state index in [4.69, 9.17) is 16.0 Å². The van der Waals surface area contributed by atoms with Crippen LogP contribution in [0.2, 0.25) is 5.02 Å². The van der Waals surface area contributed by atoms with Crippen molar-refractivity contribution >= 4 is 34.4 Å². The highest BCUT2D eigenvalue weighted by Gasteiger charge is 2.47. The fraction of sp³-hybridized carbons (Fsp3) is 0.108. The number of rotatable bonds is 7. The predicted octanol–water partition coefficient (Wildman–Crippen LogP) is 8.40. The second-order valence-corrected chi connectivity index (χ2v) is 11.5. The molecule has 2 aromatic heterocycles. The molecule has 0 radical (unpaired) electrons. The summed E-state index contributed by atoms with van der Waals surface area (Å²) in [5, 5.41) is 7.08. The van der Waals surface area contributed by atoms with Crippen molar-refractivity contribution in [2.45, 2.75) is 18.4 Å². The molecule has 4 aromatic carbocycles. The third-order valence-corrected chi connectivity index (χ3v) is 8.60. The molecule has 1 saturated carbocycles. The Balaban J connectivity index is 1.34. The molecule has 2 amide bonds. The summed E-state index contributed by atoms with van der Waals surface area (Å²) < 4.78 is 19.8. The lowest BCUT2D eigenvalue weighted by molar-refractivity contribution is 0.0928. The van der Waals surface area contributed by atoms with Crippen molar-refractivity contribution in [3.8, 4) is 33.6 Å². The van der Waals surface area contributed by atoms with Crippen LogP contribution in [0.4, 0.5) is 4.39 Å². The van der Waals surface area contributed by atoms with Crippen molar-refractivity contribution in [1.29, 1.82) is 0 Å². The Hall–Kier alpha value is -5.27. The van der Waals surface area contributed by atoms with Crippen molar-refractivity contribution in [2.24, 2.45) is 0 Å². The van der Waals surface area contributed by atoms with Gasteiger partial charge < -0.3 is 15.1 Å². The zero-order valence-corrected chi connectivity index (χ0v) is 25.0. The molecule has 8 heteroatoms. The first-order chi connectivity index (χ1) is 21.9. The number of nitrogens with zero attached hydrogens (tertiary/aromatic N) is 1. The molecular formula is C37H27ClFN3O3. The number of carbonyl (C=O) groups is 2. The van der Waals surface area contributed by atoms with Gasteiger partial charge in [-0.2, -0.15) is 0 Å². The van der Waals surface area contributed by atoms with Crippen LogP contribution in [0.1, 0.15) is 39.3 Å². The van der Waals surface area contributed by atoms with E-state index in [9.17, 15) is 14.0 Å². The van der Waals surface area contributed by atoms with Crippen LogP contribution in [0.3, 0.4) is 0 Å². The summed E-state index contributed by atoms with van der Waals surface area (Å²) >= 11 is 6.61. The smallest absolute Gasteiger partial charge is 0.255 e. The van der Waals surface area contributed by atoms with Gasteiger partial charge in [0.25, 0.3) is 11.8 Å². The molecule has 1 fully saturated rings. The standard InChI is InChI=1S/C37H27ClFN3O3/c1-40-36(44)33-29-21-24(12-16-31(29)45-34(33)22-9-13-25(39)14-10-22)23-11-15-26(27-6-2-3-7-30(27)38)28(20-23)35(43)42-37(17-18-37)32-8-4-5-19-41-32/h2-16,19-21H,17-18H2,1H3,(H,40,44)(H,42,43). The number of halogens is 2. The number of amides is 2. The summed E-state index contributed by atoms with van der Waals surface area (Å²) in [6.07, 6.45) is 3.33. The number of pyridine rings is 1. The number of benzene rings is 4. The van der Waals surface area contributed by atoms with E-state index in [2.05, 4.69) is 15.6 Å². The van der Waals surface area contributed by atoms with E-state index in [1.54, 1.807) is 37.5 Å². The minimum Gasteiger partial charge on any atom is -0.455 e. The van der Waals surface area contributed by atoms with Crippen LogP contribution in [0.5, 0.6) is 0 Å². The van der Waals surface area contributed by atoms with Gasteiger partial charge in [0.1, 0.15) is 17.2 Å². The van der Waals surface area contributed by atoms with E-state index < -0.39 is 5.54 Å². The lowest BCUT2D eigenvalue weighted by Crippen LogP contribution is -2.35. The van der Waals surface area contributed by atoms with Gasteiger partial charge in [-0.05, 0) is 90.2 Å². The Bertz CT molecular complexity index is 2090. The Kier molecular flexibility index (Phi) is 7.18. The maximum Gasteiger partial charge on any atom is 0.255 e. The van der Waals surface area contributed by atoms with Crippen LogP contribution in [0.25, 0.3) is 44.5 Å². The van der Waals surface area contributed by atoms with E-state index in [0.29, 0.717) is 44.0 Å². The van der Waals surface area contributed by atoms with Crippen molar-refractivity contribution < 1.29 is 18.4 Å². The van der Waals surface area contributed by atoms with E-state index in [1.165, 1.54) is 12.1 Å². The minimum atomic E-state index is -0.513. The maximum atomic E-state index is 14.1. The van der Waals surface area contributed by atoms with Gasteiger partial charge in [0.2, 0.25) is 0 Å². The van der Waals surface area contributed by atoms with E-state index in [0.717, 1.165) is 35.2 Å². The van der Waals surface area contributed by atoms with Crippen molar-refractivity contribution in [3.05, 3.63) is 137 Å². The highest BCUT2D eigenvalue weighted by Crippen LogP contribution is 2.45. The van der Waals surface area contributed by atoms with E-state index >= 15 is 0 Å². The normalized spacial score (nSPS) is 13.4. The lowest BCUT2D eigenvalue weighted by atomic mass is 9.93. The van der Waals surface area contributed by atoms with Crippen LogP contribution in [-0.4, -0.2) is 23.8 Å². The number of aromatic nitrogens is 1. The molecule has 1 aliphatic carbocycles. The van der Waals surface area contributed by atoms with Crippen LogP contribution < -0.4 is 10.6 Å². The number of nitrogens with one attached hydrogen (secondary N) is 2. The first-order valence-corrected chi connectivity index (χ1v) is 14.9. The second-order valence-electron chi connectivity index (χ2n) is 11.1. The van der Waals surface area contributed by atoms with Gasteiger partial charge in [-0.25, -0.2) is 4.39 Å². The summed E-state index contributed by atoms with van der Waals surface area (Å²) in [6, 6.07) is 30.2. The van der Waals surface area contributed by atoms with Gasteiger partial charge in [0.15, 0.2) is 0 Å². The van der Waals surface area contributed by atoms with Gasteiger partial charge in [0, 0.05) is 40.3 Å². The zero-order valence-electron chi connectivity index (χ0n) is 24.2. The maximum absolute atomic E-state index is 14.1. The quantitative estimate of drug-likeness (QED) is 0.189. The SMILES string of the molecule is CNC(=O)c1c(-c2ccc(F)cc2)oc2ccc(-c3ccc(-c4ccccc4Cl)c(C(=O)NC4(c5ccccn5)CC4)c3)cc12. The molecule has 222 valence electrons. The van der Waals surface area contributed by atoms with E-state index in [1.807, 2.05) is 66.7 Å². The molecule has 45 heavy (non-hydrogen) atoms. The van der Waals surface area contributed by atoms with Crippen molar-refractivity contribution in [3.63, 3.8) is 0 Å². The summed E-state index contributed by atoms with van der Waals surface area (Å²) in [4.78, 5) is 31.7. The van der Waals surface area contributed by atoms with Crippen LogP contribution in [0, 0.1) is 5.82 Å². The Morgan fingerprint density at radius 3 is 2.24 bits per heavy atom. The largest absolute Gasteiger partial charge is 0.455 e. The Labute approximate surface area is 263 Å². The average Bonchev–Trinajstić information content (AvgIpc) is 3.76. The van der Waals surface area contributed by atoms with Gasteiger partial charge in [-0.3, -0.25) is 14.6 Å². The van der Waals surface area contributed by atoms with Gasteiger partial charge in [-0.15, -0.1) is 0 Å². The van der Waals surface area contributed by atoms with E-state index in [-0.39, 0.29) is 17.6 Å². The third-order valence-electron chi connectivity index (χ3n) is 8.27. The van der Waals surface area contributed by atoms with Crippen LogP contribution in [-0.2, 0) is 5.54 Å². The van der Waals surface area contributed by atoms with Gasteiger partial charge in [0.05, 0.1) is 16.8 Å². The highest BCUT2D eigenvalue weighted by atomic mass is 35.5. The summed E-state index contributed by atoms with van der Waals surface area (Å²) in [5.74, 6) is -0.598. The number of hydrogen-bond donors (Lipinski definition) is 2. The molecule has 2 N–H and O–H groups in total. The van der Waals surface area contributed by atoms with Crippen LogP contribution >= 0.6 is 11.6 Å². The van der Waals surface area contributed by atoms with Gasteiger partial charge >= 0.3 is 0 Å². The molecule has 6 aromatic rings. The molecule has 7 rings (SSSR count). The molecule has 0 unspecified atom stereocenters. The second kappa shape index (κ2) is 11.3. The predicted molar refractivity (Wildman–Crippen MR) is 173 cm³/mol. The lowest BCUT2D eigenvalue weighted by Gasteiger charge is -2.19. The fourth-order valence-electron chi connectivity index (χ4n) is 5.76. The number of fused-ring (bicyclic) bond motifs is 1. The number of carbonyl (C=O) groups excluding carboxylic acids is 2. The van der Waals surface area contributed by atoms with Crippen molar-refractivity contribution in [2.75, 3.05) is 7.05 Å². The molecular weight excluding hydrogens is 589 g/mol. The molecule has 0 saturated heterocycles. The van der Waals surface area contributed by atoms with Crippen LogP contribution in [0.15, 0.2) is 114 Å². The summed E-state index contributed by atoms with van der Waals surface area (Å²) in [7, 11) is 1.55. The number of furan rings is 1. The van der Waals surface area contributed by atoms with Crippen molar-refractivity contribution in [1.82, 2.24) is 15.6 Å². The molecule has 0 bridgehead atoms.